The summed E-state index contributed by atoms with van der Waals surface area (Å²) >= 11 is 0. The molecule has 0 aromatic rings. The lowest BCUT2D eigenvalue weighted by atomic mass is 10.0. The average Bonchev–Trinajstić information content (AvgIpc) is 3.29. The highest BCUT2D eigenvalue weighted by Gasteiger charge is 2.17. The van der Waals surface area contributed by atoms with Crippen LogP contribution in [0.25, 0.3) is 0 Å². The SMILES string of the molecule is CC/C=C\C/C=C\C/C=C\C/C=C\C/C=C\C/C=C\CCC(=O)NC(CO)C(O)/C=C/CC/C=C/CCCCCCCCCCCCCCCCCCCCCCCCCCCC. The highest BCUT2D eigenvalue weighted by Crippen LogP contribution is 2.16. The Bertz CT molecular complexity index is 1170. The Labute approximate surface area is 392 Å². The number of carbonyl (C=O) groups is 1. The number of amides is 1. The lowest BCUT2D eigenvalue weighted by Gasteiger charge is -2.19. The molecule has 362 valence electrons. The van der Waals surface area contributed by atoms with Gasteiger partial charge in [-0.15, -0.1) is 0 Å². The Morgan fingerprint density at radius 3 is 1.10 bits per heavy atom. The molecule has 2 unspecified atom stereocenters. The van der Waals surface area contributed by atoms with E-state index in [9.17, 15) is 15.0 Å². The molecule has 0 heterocycles. The molecule has 0 radical (unpaired) electrons. The summed E-state index contributed by atoms with van der Waals surface area (Å²) in [6, 6.07) is -0.687. The van der Waals surface area contributed by atoms with Gasteiger partial charge >= 0.3 is 0 Å². The molecule has 0 aliphatic rings. The lowest BCUT2D eigenvalue weighted by Crippen LogP contribution is -2.45. The summed E-state index contributed by atoms with van der Waals surface area (Å²) in [6.07, 6.45) is 80.1. The van der Waals surface area contributed by atoms with Crippen molar-refractivity contribution in [1.29, 1.82) is 0 Å². The number of unbranched alkanes of at least 4 members (excludes halogenated alkanes) is 27. The van der Waals surface area contributed by atoms with E-state index in [1.807, 2.05) is 12.2 Å². The molecular weight excluding hydrogens is 771 g/mol. The number of rotatable bonds is 48. The minimum absolute atomic E-state index is 0.157. The zero-order valence-corrected chi connectivity index (χ0v) is 41.6. The van der Waals surface area contributed by atoms with Crippen LogP contribution in [0.15, 0.2) is 97.2 Å². The Morgan fingerprint density at radius 2 is 0.714 bits per heavy atom. The molecule has 0 aromatic heterocycles. The summed E-state index contributed by atoms with van der Waals surface area (Å²) in [6.45, 7) is 4.16. The van der Waals surface area contributed by atoms with Crippen LogP contribution in [0.4, 0.5) is 0 Å². The molecule has 0 rings (SSSR count). The second-order valence-corrected chi connectivity index (χ2v) is 17.9. The van der Waals surface area contributed by atoms with Gasteiger partial charge in [-0.2, -0.15) is 0 Å². The predicted octanol–water partition coefficient (Wildman–Crippen LogP) is 17.7. The molecule has 0 aromatic carbocycles. The van der Waals surface area contributed by atoms with E-state index in [0.717, 1.165) is 57.8 Å². The topological polar surface area (TPSA) is 69.6 Å². The van der Waals surface area contributed by atoms with Gasteiger partial charge in [-0.05, 0) is 70.6 Å². The quantitative estimate of drug-likeness (QED) is 0.0421. The van der Waals surface area contributed by atoms with E-state index >= 15 is 0 Å². The number of aliphatic hydroxyl groups excluding tert-OH is 2. The van der Waals surface area contributed by atoms with Crippen LogP contribution in [0.2, 0.25) is 0 Å². The Hall–Kier alpha value is -2.69. The Balaban J connectivity index is 3.61. The molecule has 4 heteroatoms. The van der Waals surface area contributed by atoms with Gasteiger partial charge in [0.25, 0.3) is 0 Å². The van der Waals surface area contributed by atoms with E-state index in [4.69, 9.17) is 0 Å². The van der Waals surface area contributed by atoms with Gasteiger partial charge in [0.1, 0.15) is 0 Å². The third-order valence-corrected chi connectivity index (χ3v) is 11.8. The van der Waals surface area contributed by atoms with Gasteiger partial charge in [-0.25, -0.2) is 0 Å². The molecule has 0 saturated carbocycles. The van der Waals surface area contributed by atoms with Crippen LogP contribution >= 0.6 is 0 Å². The molecule has 4 nitrogen and oxygen atoms in total. The summed E-state index contributed by atoms with van der Waals surface area (Å²) in [5.74, 6) is -0.157. The highest BCUT2D eigenvalue weighted by molar-refractivity contribution is 5.76. The van der Waals surface area contributed by atoms with Gasteiger partial charge in [0.2, 0.25) is 5.91 Å². The molecule has 63 heavy (non-hydrogen) atoms. The maximum absolute atomic E-state index is 12.4. The summed E-state index contributed by atoms with van der Waals surface area (Å²) < 4.78 is 0. The van der Waals surface area contributed by atoms with Crippen molar-refractivity contribution in [2.24, 2.45) is 0 Å². The summed E-state index contributed by atoms with van der Waals surface area (Å²) in [7, 11) is 0. The van der Waals surface area contributed by atoms with Crippen LogP contribution in [0.1, 0.15) is 251 Å². The van der Waals surface area contributed by atoms with E-state index in [1.54, 1.807) is 6.08 Å². The van der Waals surface area contributed by atoms with Gasteiger partial charge in [-0.1, -0.05) is 272 Å². The van der Waals surface area contributed by atoms with Gasteiger partial charge in [0.05, 0.1) is 18.8 Å². The number of carbonyl (C=O) groups excluding carboxylic acids is 1. The smallest absolute Gasteiger partial charge is 0.220 e. The zero-order valence-electron chi connectivity index (χ0n) is 41.6. The van der Waals surface area contributed by atoms with Crippen LogP contribution < -0.4 is 5.32 Å². The minimum Gasteiger partial charge on any atom is -0.394 e. The molecule has 0 bridgehead atoms. The summed E-state index contributed by atoms with van der Waals surface area (Å²) in [4.78, 5) is 12.4. The van der Waals surface area contributed by atoms with Gasteiger partial charge in [0, 0.05) is 6.42 Å². The van der Waals surface area contributed by atoms with Crippen molar-refractivity contribution in [3.8, 4) is 0 Å². The fourth-order valence-electron chi connectivity index (χ4n) is 7.75. The lowest BCUT2D eigenvalue weighted by molar-refractivity contribution is -0.122. The van der Waals surface area contributed by atoms with Gasteiger partial charge in [-0.3, -0.25) is 4.79 Å². The first-order valence-electron chi connectivity index (χ1n) is 27.0. The van der Waals surface area contributed by atoms with Crippen LogP contribution in [-0.2, 0) is 4.79 Å². The van der Waals surface area contributed by atoms with Crippen LogP contribution in [0.3, 0.4) is 0 Å². The van der Waals surface area contributed by atoms with E-state index < -0.39 is 12.1 Å². The maximum atomic E-state index is 12.4. The zero-order chi connectivity index (χ0) is 45.6. The normalized spacial score (nSPS) is 13.7. The molecule has 1 amide bonds. The molecule has 0 aliphatic heterocycles. The molecule has 0 aliphatic carbocycles. The fraction of sp³-hybridized carbons (Fsp3) is 0.712. The van der Waals surface area contributed by atoms with Crippen LogP contribution in [-0.4, -0.2) is 34.9 Å². The summed E-state index contributed by atoms with van der Waals surface area (Å²) in [5, 5.41) is 23.0. The van der Waals surface area contributed by atoms with Crippen molar-refractivity contribution in [2.75, 3.05) is 6.61 Å². The Kier molecular flexibility index (Phi) is 51.4. The number of aliphatic hydroxyl groups is 2. The molecule has 3 N–H and O–H groups in total. The van der Waals surface area contributed by atoms with E-state index in [1.165, 1.54) is 167 Å². The standard InChI is InChI=1S/C59H103NO3/c1-3-5-7-9-11-13-15-17-19-21-23-24-25-26-27-28-29-30-31-32-33-34-35-37-38-40-42-44-46-48-50-52-54-58(62)57(56-61)60-59(63)55-53-51-49-47-45-43-41-39-36-22-20-18-16-14-12-10-8-6-4-2/h6,8,12,14,18,20,36,39,43-46,49,51-52,54,57-58,61-62H,3-5,7,9-11,13,15-17,19,21-35,37-38,40-42,47-48,50,53,55-56H2,1-2H3,(H,60,63)/b8-6-,14-12-,20-18-,39-36-,45-43-,46-44+,51-49-,54-52+. The molecule has 0 spiro atoms. The van der Waals surface area contributed by atoms with Crippen molar-refractivity contribution >= 4 is 5.91 Å². The van der Waals surface area contributed by atoms with Crippen molar-refractivity contribution < 1.29 is 15.0 Å². The number of nitrogens with one attached hydrogen (secondary N) is 1. The monoisotopic (exact) mass is 874 g/mol. The van der Waals surface area contributed by atoms with Crippen molar-refractivity contribution in [2.45, 2.75) is 264 Å². The van der Waals surface area contributed by atoms with E-state index in [-0.39, 0.29) is 12.5 Å². The number of allylic oxidation sites excluding steroid dienone is 15. The highest BCUT2D eigenvalue weighted by atomic mass is 16.3. The molecule has 0 saturated heterocycles. The second kappa shape index (κ2) is 53.6. The van der Waals surface area contributed by atoms with Crippen LogP contribution in [0, 0.1) is 0 Å². The third-order valence-electron chi connectivity index (χ3n) is 11.8. The van der Waals surface area contributed by atoms with E-state index in [2.05, 4.69) is 98.2 Å². The number of hydrogen-bond donors (Lipinski definition) is 3. The largest absolute Gasteiger partial charge is 0.394 e. The van der Waals surface area contributed by atoms with Crippen LogP contribution in [0.5, 0.6) is 0 Å². The molecule has 0 fully saturated rings. The first kappa shape index (κ1) is 60.3. The Morgan fingerprint density at radius 1 is 0.397 bits per heavy atom. The van der Waals surface area contributed by atoms with Gasteiger partial charge in [0.15, 0.2) is 0 Å². The van der Waals surface area contributed by atoms with Crippen molar-refractivity contribution in [3.05, 3.63) is 97.2 Å². The maximum Gasteiger partial charge on any atom is 0.220 e. The minimum atomic E-state index is -0.901. The van der Waals surface area contributed by atoms with E-state index in [0.29, 0.717) is 12.8 Å². The predicted molar refractivity (Wildman–Crippen MR) is 280 cm³/mol. The van der Waals surface area contributed by atoms with Crippen molar-refractivity contribution in [1.82, 2.24) is 5.32 Å². The molecular formula is C59H103NO3. The second-order valence-electron chi connectivity index (χ2n) is 17.9. The first-order chi connectivity index (χ1) is 31.2. The average molecular weight is 874 g/mol. The van der Waals surface area contributed by atoms with Gasteiger partial charge < -0.3 is 15.5 Å². The fourth-order valence-corrected chi connectivity index (χ4v) is 7.75. The third kappa shape index (κ3) is 50.2. The molecule has 2 atom stereocenters. The van der Waals surface area contributed by atoms with Crippen molar-refractivity contribution in [3.63, 3.8) is 0 Å². The summed E-state index contributed by atoms with van der Waals surface area (Å²) in [5.41, 5.74) is 0. The first-order valence-corrected chi connectivity index (χ1v) is 27.0. The number of hydrogen-bond acceptors (Lipinski definition) is 3.